The van der Waals surface area contributed by atoms with E-state index in [0.717, 1.165) is 29.0 Å². The number of methoxy groups -OCH3 is 1. The molecule has 0 spiro atoms. The molecule has 0 fully saturated rings. The van der Waals surface area contributed by atoms with E-state index in [9.17, 15) is 4.79 Å². The maximum absolute atomic E-state index is 10.3. The lowest BCUT2D eigenvalue weighted by molar-refractivity contribution is -0.107. The van der Waals surface area contributed by atoms with Crippen LogP contribution >= 0.6 is 0 Å². The zero-order chi connectivity index (χ0) is 11.4. The minimum absolute atomic E-state index is 0.565. The lowest BCUT2D eigenvalue weighted by Crippen LogP contribution is -1.89. The number of aryl methyl sites for hydroxylation is 1. The van der Waals surface area contributed by atoms with Gasteiger partial charge < -0.3 is 9.53 Å². The van der Waals surface area contributed by atoms with E-state index >= 15 is 0 Å². The third kappa shape index (κ3) is 2.19. The van der Waals surface area contributed by atoms with Gasteiger partial charge in [0.05, 0.1) is 7.11 Å². The maximum Gasteiger partial charge on any atom is 0.213 e. The lowest BCUT2D eigenvalue weighted by atomic mass is 10.1. The smallest absolute Gasteiger partial charge is 0.213 e. The zero-order valence-electron chi connectivity index (χ0n) is 9.14. The number of benzene rings is 1. The third-order valence-corrected chi connectivity index (χ3v) is 2.52. The summed E-state index contributed by atoms with van der Waals surface area (Å²) in [6.07, 6.45) is 4.08. The van der Waals surface area contributed by atoms with E-state index in [-0.39, 0.29) is 0 Å². The summed E-state index contributed by atoms with van der Waals surface area (Å²) in [6.45, 7) is 0. The summed E-state index contributed by atoms with van der Waals surface area (Å²) >= 11 is 0. The molecule has 0 amide bonds. The van der Waals surface area contributed by atoms with Gasteiger partial charge >= 0.3 is 0 Å². The van der Waals surface area contributed by atoms with Crippen molar-refractivity contribution >= 4 is 17.1 Å². The summed E-state index contributed by atoms with van der Waals surface area (Å²) in [4.78, 5) is 14.5. The fraction of sp³-hybridized carbons (Fsp3) is 0.231. The van der Waals surface area contributed by atoms with Crippen LogP contribution in [0.5, 0.6) is 5.88 Å². The number of rotatable bonds is 4. The molecule has 0 radical (unpaired) electrons. The maximum atomic E-state index is 10.3. The Kier molecular flexibility index (Phi) is 3.15. The Labute approximate surface area is 94.1 Å². The van der Waals surface area contributed by atoms with Gasteiger partial charge in [-0.25, -0.2) is 4.98 Å². The van der Waals surface area contributed by atoms with Crippen molar-refractivity contribution in [1.82, 2.24) is 4.98 Å². The highest BCUT2D eigenvalue weighted by Crippen LogP contribution is 2.19. The van der Waals surface area contributed by atoms with Gasteiger partial charge in [0.15, 0.2) is 0 Å². The predicted octanol–water partition coefficient (Wildman–Crippen LogP) is 2.37. The monoisotopic (exact) mass is 215 g/mol. The first kappa shape index (κ1) is 10.6. The Bertz CT molecular complexity index is 508. The molecule has 0 aliphatic heterocycles. The first-order chi connectivity index (χ1) is 7.83. The SMILES string of the molecule is COc1cc2ccc(CCC=O)cc2cn1. The highest BCUT2D eigenvalue weighted by atomic mass is 16.5. The second-order valence-corrected chi connectivity index (χ2v) is 3.61. The number of aromatic nitrogens is 1. The van der Waals surface area contributed by atoms with Crippen molar-refractivity contribution in [2.24, 2.45) is 0 Å². The van der Waals surface area contributed by atoms with Crippen LogP contribution < -0.4 is 4.74 Å². The predicted molar refractivity (Wildman–Crippen MR) is 62.7 cm³/mol. The first-order valence-electron chi connectivity index (χ1n) is 5.20. The summed E-state index contributed by atoms with van der Waals surface area (Å²) in [6, 6.07) is 8.02. The number of fused-ring (bicyclic) bond motifs is 1. The molecule has 0 N–H and O–H groups in total. The van der Waals surface area contributed by atoms with Crippen molar-refractivity contribution in [2.75, 3.05) is 7.11 Å². The van der Waals surface area contributed by atoms with Crippen molar-refractivity contribution in [3.63, 3.8) is 0 Å². The largest absolute Gasteiger partial charge is 0.481 e. The Morgan fingerprint density at radius 2 is 2.19 bits per heavy atom. The molecule has 0 aliphatic carbocycles. The molecule has 0 bridgehead atoms. The van der Waals surface area contributed by atoms with Gasteiger partial charge in [0.2, 0.25) is 5.88 Å². The van der Waals surface area contributed by atoms with Gasteiger partial charge in [0.1, 0.15) is 6.29 Å². The van der Waals surface area contributed by atoms with Crippen LogP contribution in [0.15, 0.2) is 30.5 Å². The van der Waals surface area contributed by atoms with Gasteiger partial charge in [-0.2, -0.15) is 0 Å². The molecule has 1 aromatic carbocycles. The average Bonchev–Trinajstić information content (AvgIpc) is 2.35. The molecule has 0 aliphatic rings. The summed E-state index contributed by atoms with van der Waals surface area (Å²) in [5.41, 5.74) is 1.16. The van der Waals surface area contributed by atoms with E-state index in [1.165, 1.54) is 0 Å². The van der Waals surface area contributed by atoms with E-state index in [2.05, 4.69) is 11.1 Å². The quantitative estimate of drug-likeness (QED) is 0.735. The molecule has 3 nitrogen and oxygen atoms in total. The van der Waals surface area contributed by atoms with E-state index < -0.39 is 0 Å². The molecule has 0 unspecified atom stereocenters. The van der Waals surface area contributed by atoms with Gasteiger partial charge in [-0.15, -0.1) is 0 Å². The molecular weight excluding hydrogens is 202 g/mol. The van der Waals surface area contributed by atoms with Crippen LogP contribution in [-0.4, -0.2) is 18.4 Å². The van der Waals surface area contributed by atoms with Gasteiger partial charge in [-0.3, -0.25) is 0 Å². The van der Waals surface area contributed by atoms with Crippen LogP contribution in [0.4, 0.5) is 0 Å². The minimum Gasteiger partial charge on any atom is -0.481 e. The molecule has 1 aromatic heterocycles. The molecule has 0 atom stereocenters. The molecule has 82 valence electrons. The van der Waals surface area contributed by atoms with Crippen molar-refractivity contribution in [1.29, 1.82) is 0 Å². The fourth-order valence-corrected chi connectivity index (χ4v) is 1.66. The summed E-state index contributed by atoms with van der Waals surface area (Å²) in [5, 5.41) is 2.17. The van der Waals surface area contributed by atoms with Crippen molar-refractivity contribution in [2.45, 2.75) is 12.8 Å². The summed E-state index contributed by atoms with van der Waals surface area (Å²) in [7, 11) is 1.60. The highest BCUT2D eigenvalue weighted by Gasteiger charge is 1.99. The van der Waals surface area contributed by atoms with Crippen molar-refractivity contribution in [3.05, 3.63) is 36.0 Å². The Morgan fingerprint density at radius 3 is 2.94 bits per heavy atom. The number of carbonyl (C=O) groups is 1. The van der Waals surface area contributed by atoms with E-state index in [1.54, 1.807) is 13.3 Å². The second-order valence-electron chi connectivity index (χ2n) is 3.61. The Hall–Kier alpha value is -1.90. The van der Waals surface area contributed by atoms with E-state index in [4.69, 9.17) is 4.74 Å². The van der Waals surface area contributed by atoms with Crippen LogP contribution in [0.3, 0.4) is 0 Å². The van der Waals surface area contributed by atoms with Crippen LogP contribution in [0.2, 0.25) is 0 Å². The number of nitrogens with zero attached hydrogens (tertiary/aromatic N) is 1. The van der Waals surface area contributed by atoms with E-state index in [0.29, 0.717) is 12.3 Å². The number of ether oxygens (including phenoxy) is 1. The minimum atomic E-state index is 0.565. The molecule has 16 heavy (non-hydrogen) atoms. The van der Waals surface area contributed by atoms with Gasteiger partial charge in [0, 0.05) is 24.1 Å². The second kappa shape index (κ2) is 4.75. The van der Waals surface area contributed by atoms with Gasteiger partial charge in [-0.1, -0.05) is 12.1 Å². The molecule has 0 saturated heterocycles. The fourth-order valence-electron chi connectivity index (χ4n) is 1.66. The van der Waals surface area contributed by atoms with Crippen LogP contribution in [-0.2, 0) is 11.2 Å². The highest BCUT2D eigenvalue weighted by molar-refractivity contribution is 5.83. The molecule has 0 saturated carbocycles. The van der Waals surface area contributed by atoms with Crippen LogP contribution in [0.1, 0.15) is 12.0 Å². The molecular formula is C13H13NO2. The zero-order valence-corrected chi connectivity index (χ0v) is 9.14. The number of pyridine rings is 1. The number of carbonyl (C=O) groups excluding carboxylic acids is 1. The average molecular weight is 215 g/mol. The summed E-state index contributed by atoms with van der Waals surface area (Å²) in [5.74, 6) is 0.619. The lowest BCUT2D eigenvalue weighted by Gasteiger charge is -2.03. The molecule has 2 aromatic rings. The Balaban J connectivity index is 2.35. The van der Waals surface area contributed by atoms with Crippen LogP contribution in [0, 0.1) is 0 Å². The number of hydrogen-bond acceptors (Lipinski definition) is 3. The molecule has 1 heterocycles. The normalized spacial score (nSPS) is 10.3. The standard InChI is InChI=1S/C13H13NO2/c1-16-13-8-11-5-4-10(3-2-6-15)7-12(11)9-14-13/h4-9H,2-3H2,1H3. The molecule has 3 heteroatoms. The topological polar surface area (TPSA) is 39.2 Å². The Morgan fingerprint density at radius 1 is 1.31 bits per heavy atom. The van der Waals surface area contributed by atoms with Crippen LogP contribution in [0.25, 0.3) is 10.8 Å². The van der Waals surface area contributed by atoms with Gasteiger partial charge in [-0.05, 0) is 23.4 Å². The van der Waals surface area contributed by atoms with E-state index in [1.807, 2.05) is 18.2 Å². The van der Waals surface area contributed by atoms with Gasteiger partial charge in [0.25, 0.3) is 0 Å². The number of hydrogen-bond donors (Lipinski definition) is 0. The number of aldehydes is 1. The molecule has 2 rings (SSSR count). The van der Waals surface area contributed by atoms with Crippen molar-refractivity contribution < 1.29 is 9.53 Å². The first-order valence-corrected chi connectivity index (χ1v) is 5.20. The summed E-state index contributed by atoms with van der Waals surface area (Å²) < 4.78 is 5.06. The van der Waals surface area contributed by atoms with Crippen molar-refractivity contribution in [3.8, 4) is 5.88 Å². The third-order valence-electron chi connectivity index (χ3n) is 2.52.